The fraction of sp³-hybridized carbons (Fsp3) is 0.105. The Kier molecular flexibility index (Phi) is 3.35. The van der Waals surface area contributed by atoms with Crippen molar-refractivity contribution in [3.05, 3.63) is 72.1 Å². The Morgan fingerprint density at radius 3 is 2.35 bits per heavy atom. The van der Waals surface area contributed by atoms with Gasteiger partial charge in [-0.2, -0.15) is 0 Å². The molecule has 2 aromatic carbocycles. The van der Waals surface area contributed by atoms with Crippen molar-refractivity contribution in [3.8, 4) is 22.9 Å². The Morgan fingerprint density at radius 1 is 0.826 bits per heavy atom. The summed E-state index contributed by atoms with van der Waals surface area (Å²) in [7, 11) is 0. The average molecular weight is 302 g/mol. The Hall–Kier alpha value is -3.01. The van der Waals surface area contributed by atoms with Crippen molar-refractivity contribution in [1.29, 1.82) is 0 Å². The molecule has 4 rings (SSSR count). The van der Waals surface area contributed by atoms with Crippen molar-refractivity contribution in [1.82, 2.24) is 9.97 Å². The predicted octanol–water partition coefficient (Wildman–Crippen LogP) is 3.60. The lowest BCUT2D eigenvalue weighted by atomic mass is 10.0. The molecule has 0 radical (unpaired) electrons. The van der Waals surface area contributed by atoms with Crippen molar-refractivity contribution in [2.45, 2.75) is 12.8 Å². The number of para-hydroxylation sites is 1. The lowest BCUT2D eigenvalue weighted by Crippen LogP contribution is -1.93. The van der Waals surface area contributed by atoms with Crippen molar-refractivity contribution in [2.75, 3.05) is 0 Å². The smallest absolute Gasteiger partial charge is 0.321 e. The monoisotopic (exact) mass is 302 g/mol. The molecule has 4 nitrogen and oxygen atoms in total. The molecule has 3 aromatic rings. The maximum absolute atomic E-state index is 11.5. The molecule has 0 spiro atoms. The van der Waals surface area contributed by atoms with Gasteiger partial charge < -0.3 is 4.74 Å². The number of ether oxygens (including phenoxy) is 1. The summed E-state index contributed by atoms with van der Waals surface area (Å²) in [6, 6.07) is 15.8. The van der Waals surface area contributed by atoms with Crippen LogP contribution in [0, 0.1) is 0 Å². The number of aromatic nitrogens is 2. The van der Waals surface area contributed by atoms with Crippen molar-refractivity contribution >= 4 is 5.78 Å². The molecule has 4 heteroatoms. The summed E-state index contributed by atoms with van der Waals surface area (Å²) < 4.78 is 5.59. The molecule has 0 atom stereocenters. The molecule has 0 unspecified atom stereocenters. The van der Waals surface area contributed by atoms with E-state index in [1.54, 1.807) is 12.4 Å². The van der Waals surface area contributed by atoms with Gasteiger partial charge >= 0.3 is 6.01 Å². The van der Waals surface area contributed by atoms with E-state index in [0.29, 0.717) is 24.6 Å². The van der Waals surface area contributed by atoms with Crippen LogP contribution in [0.3, 0.4) is 0 Å². The molecule has 1 aliphatic rings. The molecule has 1 aromatic heterocycles. The number of carbonyl (C=O) groups excluding carboxylic acids is 1. The fourth-order valence-electron chi connectivity index (χ4n) is 2.74. The fourth-order valence-corrected chi connectivity index (χ4v) is 2.74. The van der Waals surface area contributed by atoms with Crippen molar-refractivity contribution < 1.29 is 9.53 Å². The lowest BCUT2D eigenvalue weighted by Gasteiger charge is -2.06. The number of fused-ring (bicyclic) bond motifs is 1. The van der Waals surface area contributed by atoms with Gasteiger partial charge in [-0.05, 0) is 28.8 Å². The molecule has 112 valence electrons. The molecular formula is C19H14N2O2. The summed E-state index contributed by atoms with van der Waals surface area (Å²) in [5.74, 6) is 0.983. The molecule has 23 heavy (non-hydrogen) atoms. The van der Waals surface area contributed by atoms with E-state index >= 15 is 0 Å². The van der Waals surface area contributed by atoms with E-state index in [1.165, 1.54) is 0 Å². The summed E-state index contributed by atoms with van der Waals surface area (Å²) in [4.78, 5) is 20.0. The highest BCUT2D eigenvalue weighted by Crippen LogP contribution is 2.27. The van der Waals surface area contributed by atoms with E-state index in [4.69, 9.17) is 4.74 Å². The Balaban J connectivity index is 1.57. The molecule has 0 aliphatic heterocycles. The maximum Gasteiger partial charge on any atom is 0.321 e. The normalized spacial score (nSPS) is 13.0. The van der Waals surface area contributed by atoms with Gasteiger partial charge in [-0.1, -0.05) is 36.4 Å². The lowest BCUT2D eigenvalue weighted by molar-refractivity contribution is -0.117. The van der Waals surface area contributed by atoms with Crippen LogP contribution in [0.5, 0.6) is 11.8 Å². The van der Waals surface area contributed by atoms with E-state index in [-0.39, 0.29) is 5.78 Å². The van der Waals surface area contributed by atoms with E-state index in [2.05, 4.69) is 16.0 Å². The number of ketones is 1. The first-order valence-corrected chi connectivity index (χ1v) is 7.47. The van der Waals surface area contributed by atoms with Gasteiger partial charge in [0.25, 0.3) is 0 Å². The van der Waals surface area contributed by atoms with Gasteiger partial charge in [0.2, 0.25) is 0 Å². The van der Waals surface area contributed by atoms with Gasteiger partial charge in [0, 0.05) is 30.8 Å². The third-order valence-electron chi connectivity index (χ3n) is 3.90. The second-order valence-corrected chi connectivity index (χ2v) is 5.55. The highest BCUT2D eigenvalue weighted by atomic mass is 16.5. The zero-order valence-corrected chi connectivity index (χ0v) is 12.4. The predicted molar refractivity (Wildman–Crippen MR) is 86.4 cm³/mol. The van der Waals surface area contributed by atoms with E-state index in [1.807, 2.05) is 42.5 Å². The molecule has 0 bridgehead atoms. The van der Waals surface area contributed by atoms with Crippen LogP contribution >= 0.6 is 0 Å². The van der Waals surface area contributed by atoms with E-state index < -0.39 is 0 Å². The Morgan fingerprint density at radius 2 is 1.57 bits per heavy atom. The number of Topliss-reactive ketones (excluding diaryl/α,β-unsaturated/α-hetero) is 1. The zero-order valence-electron chi connectivity index (χ0n) is 12.4. The third kappa shape index (κ3) is 2.83. The van der Waals surface area contributed by atoms with Crippen LogP contribution in [0.25, 0.3) is 11.1 Å². The van der Waals surface area contributed by atoms with Gasteiger partial charge in [0.15, 0.2) is 0 Å². The summed E-state index contributed by atoms with van der Waals surface area (Å²) in [6.45, 7) is 0. The summed E-state index contributed by atoms with van der Waals surface area (Å²) in [6.07, 6.45) is 4.56. The molecule has 0 N–H and O–H groups in total. The Labute approximate surface area is 133 Å². The topological polar surface area (TPSA) is 52.1 Å². The van der Waals surface area contributed by atoms with Crippen LogP contribution in [-0.2, 0) is 17.6 Å². The Bertz CT molecular complexity index is 858. The third-order valence-corrected chi connectivity index (χ3v) is 3.90. The summed E-state index contributed by atoms with van der Waals surface area (Å²) in [5.41, 5.74) is 4.16. The maximum atomic E-state index is 11.5. The number of hydrogen-bond donors (Lipinski definition) is 0. The minimum Gasteiger partial charge on any atom is -0.424 e. The second-order valence-electron chi connectivity index (χ2n) is 5.55. The number of carbonyl (C=O) groups is 1. The van der Waals surface area contributed by atoms with Crippen LogP contribution in [0.2, 0.25) is 0 Å². The van der Waals surface area contributed by atoms with Gasteiger partial charge in [-0.3, -0.25) is 4.79 Å². The molecule has 0 fully saturated rings. The van der Waals surface area contributed by atoms with Gasteiger partial charge in [-0.25, -0.2) is 9.97 Å². The highest BCUT2D eigenvalue weighted by molar-refractivity contribution is 5.88. The standard InChI is InChI=1S/C19H14N2O2/c22-17-9-14-7-6-13(8-15(14)10-17)16-11-20-19(21-12-16)23-18-4-2-1-3-5-18/h1-8,11-12H,9-10H2. The largest absolute Gasteiger partial charge is 0.424 e. The molecule has 0 saturated heterocycles. The van der Waals surface area contributed by atoms with Crippen molar-refractivity contribution in [3.63, 3.8) is 0 Å². The molecule has 0 saturated carbocycles. The van der Waals surface area contributed by atoms with Gasteiger partial charge in [0.1, 0.15) is 11.5 Å². The molecular weight excluding hydrogens is 288 g/mol. The number of benzene rings is 2. The van der Waals surface area contributed by atoms with Crippen molar-refractivity contribution in [2.24, 2.45) is 0 Å². The first-order chi connectivity index (χ1) is 11.3. The summed E-state index contributed by atoms with van der Waals surface area (Å²) >= 11 is 0. The summed E-state index contributed by atoms with van der Waals surface area (Å²) in [5, 5.41) is 0. The van der Waals surface area contributed by atoms with Gasteiger partial charge in [-0.15, -0.1) is 0 Å². The minimum atomic E-state index is 0.278. The van der Waals surface area contributed by atoms with Crippen LogP contribution in [0.15, 0.2) is 60.9 Å². The number of nitrogens with zero attached hydrogens (tertiary/aromatic N) is 2. The quantitative estimate of drug-likeness (QED) is 0.741. The first kappa shape index (κ1) is 13.6. The van der Waals surface area contributed by atoms with Crippen LogP contribution < -0.4 is 4.74 Å². The molecule has 1 aliphatic carbocycles. The number of rotatable bonds is 3. The zero-order chi connectivity index (χ0) is 15.6. The highest BCUT2D eigenvalue weighted by Gasteiger charge is 2.18. The van der Waals surface area contributed by atoms with Crippen LogP contribution in [-0.4, -0.2) is 15.8 Å². The minimum absolute atomic E-state index is 0.278. The van der Waals surface area contributed by atoms with Gasteiger partial charge in [0.05, 0.1) is 0 Å². The molecule has 0 amide bonds. The number of hydrogen-bond acceptors (Lipinski definition) is 4. The first-order valence-electron chi connectivity index (χ1n) is 7.47. The van der Waals surface area contributed by atoms with E-state index in [0.717, 1.165) is 22.3 Å². The molecule has 1 heterocycles. The SMILES string of the molecule is O=C1Cc2ccc(-c3cnc(Oc4ccccc4)nc3)cc2C1. The van der Waals surface area contributed by atoms with E-state index in [9.17, 15) is 4.79 Å². The second kappa shape index (κ2) is 5.65. The van der Waals surface area contributed by atoms with Crippen LogP contribution in [0.1, 0.15) is 11.1 Å². The van der Waals surface area contributed by atoms with Crippen LogP contribution in [0.4, 0.5) is 0 Å². The average Bonchev–Trinajstić information content (AvgIpc) is 2.95.